The quantitative estimate of drug-likeness (QED) is 0.839. The zero-order chi connectivity index (χ0) is 15.2. The molecule has 1 aromatic carbocycles. The molecule has 0 radical (unpaired) electrons. The molecule has 0 saturated heterocycles. The number of rotatable bonds is 7. The number of anilines is 2. The lowest BCUT2D eigenvalue weighted by atomic mass is 10.2. The van der Waals surface area contributed by atoms with Crippen LogP contribution in [0.4, 0.5) is 11.7 Å². The summed E-state index contributed by atoms with van der Waals surface area (Å²) in [4.78, 5) is 6.66. The van der Waals surface area contributed by atoms with Gasteiger partial charge >= 0.3 is 6.01 Å². The van der Waals surface area contributed by atoms with Gasteiger partial charge in [0.25, 0.3) is 0 Å². The maximum atomic E-state index is 5.64. The molecule has 1 heterocycles. The highest BCUT2D eigenvalue weighted by Crippen LogP contribution is 2.25. The van der Waals surface area contributed by atoms with Crippen molar-refractivity contribution in [2.75, 3.05) is 18.0 Å². The molecular weight excluding hydrogens is 262 g/mol. The lowest BCUT2D eigenvalue weighted by Crippen LogP contribution is -2.19. The summed E-state index contributed by atoms with van der Waals surface area (Å²) in [5.74, 6) is 0.635. The Morgan fingerprint density at radius 1 is 1.33 bits per heavy atom. The van der Waals surface area contributed by atoms with Crippen molar-refractivity contribution in [1.29, 1.82) is 0 Å². The Morgan fingerprint density at radius 2 is 2.14 bits per heavy atom. The Hall–Kier alpha value is -1.81. The van der Waals surface area contributed by atoms with Crippen molar-refractivity contribution in [2.45, 2.75) is 34.2 Å². The molecule has 1 N–H and O–H groups in total. The van der Waals surface area contributed by atoms with Crippen molar-refractivity contribution in [3.8, 4) is 0 Å². The fourth-order valence-electron chi connectivity index (χ4n) is 2.21. The standard InChI is InChI=1S/C17H25N3O/c1-5-20(16-8-6-7-14(4)9-16)17-19-15(12-21-17)11-18-10-13(2)3/h6-9,12-13,18H,5,10-11H2,1-4H3. The number of aryl methyl sites for hydroxylation is 1. The van der Waals surface area contributed by atoms with E-state index in [-0.39, 0.29) is 0 Å². The van der Waals surface area contributed by atoms with Crippen LogP contribution in [0, 0.1) is 12.8 Å². The molecule has 0 aliphatic heterocycles. The summed E-state index contributed by atoms with van der Waals surface area (Å²) >= 11 is 0. The lowest BCUT2D eigenvalue weighted by molar-refractivity contribution is 0.539. The second-order valence-corrected chi connectivity index (χ2v) is 5.73. The Bertz CT molecular complexity index is 563. The fraction of sp³-hybridized carbons (Fsp3) is 0.471. The Labute approximate surface area is 127 Å². The lowest BCUT2D eigenvalue weighted by Gasteiger charge is -2.18. The van der Waals surface area contributed by atoms with E-state index in [4.69, 9.17) is 4.42 Å². The molecule has 4 heteroatoms. The molecular formula is C17H25N3O. The summed E-state index contributed by atoms with van der Waals surface area (Å²) in [5, 5.41) is 3.38. The summed E-state index contributed by atoms with van der Waals surface area (Å²) < 4.78 is 5.64. The first-order valence-electron chi connectivity index (χ1n) is 7.59. The van der Waals surface area contributed by atoms with Gasteiger partial charge in [-0.05, 0) is 44.0 Å². The molecule has 1 aromatic heterocycles. The smallest absolute Gasteiger partial charge is 0.302 e. The average Bonchev–Trinajstić information content (AvgIpc) is 2.88. The molecule has 4 nitrogen and oxygen atoms in total. The largest absolute Gasteiger partial charge is 0.431 e. The van der Waals surface area contributed by atoms with Gasteiger partial charge in [-0.2, -0.15) is 4.98 Å². The van der Waals surface area contributed by atoms with Gasteiger partial charge in [-0.25, -0.2) is 0 Å². The van der Waals surface area contributed by atoms with E-state index in [2.05, 4.69) is 67.2 Å². The van der Waals surface area contributed by atoms with Gasteiger partial charge in [0.05, 0.1) is 5.69 Å². The summed E-state index contributed by atoms with van der Waals surface area (Å²) in [6.45, 7) is 11.1. The molecule has 114 valence electrons. The summed E-state index contributed by atoms with van der Waals surface area (Å²) in [5.41, 5.74) is 3.29. The molecule has 0 spiro atoms. The normalized spacial score (nSPS) is 11.1. The Balaban J connectivity index is 2.07. The van der Waals surface area contributed by atoms with Gasteiger partial charge in [-0.15, -0.1) is 0 Å². The minimum Gasteiger partial charge on any atom is -0.431 e. The first-order valence-corrected chi connectivity index (χ1v) is 7.59. The van der Waals surface area contributed by atoms with E-state index in [1.165, 1.54) is 5.56 Å². The zero-order valence-corrected chi connectivity index (χ0v) is 13.4. The van der Waals surface area contributed by atoms with Crippen LogP contribution in [-0.4, -0.2) is 18.1 Å². The number of oxazole rings is 1. The molecule has 2 aromatic rings. The molecule has 0 amide bonds. The number of hydrogen-bond acceptors (Lipinski definition) is 4. The van der Waals surface area contributed by atoms with E-state index in [0.717, 1.165) is 31.0 Å². The monoisotopic (exact) mass is 287 g/mol. The summed E-state index contributed by atoms with van der Waals surface area (Å²) in [6.07, 6.45) is 1.74. The second-order valence-electron chi connectivity index (χ2n) is 5.73. The van der Waals surface area contributed by atoms with Gasteiger partial charge in [0, 0.05) is 18.8 Å². The van der Waals surface area contributed by atoms with Gasteiger partial charge in [0.15, 0.2) is 0 Å². The third-order valence-corrected chi connectivity index (χ3v) is 3.26. The van der Waals surface area contributed by atoms with Gasteiger partial charge in [-0.1, -0.05) is 26.0 Å². The van der Waals surface area contributed by atoms with Crippen LogP contribution in [0.15, 0.2) is 34.9 Å². The molecule has 0 bridgehead atoms. The highest BCUT2D eigenvalue weighted by Gasteiger charge is 2.13. The Morgan fingerprint density at radius 3 is 2.81 bits per heavy atom. The first kappa shape index (κ1) is 15.6. The van der Waals surface area contributed by atoms with Crippen LogP contribution in [0.1, 0.15) is 32.0 Å². The van der Waals surface area contributed by atoms with Crippen LogP contribution >= 0.6 is 0 Å². The average molecular weight is 287 g/mol. The molecule has 0 fully saturated rings. The van der Waals surface area contributed by atoms with Crippen LogP contribution in [0.5, 0.6) is 0 Å². The van der Waals surface area contributed by atoms with Crippen molar-refractivity contribution < 1.29 is 4.42 Å². The van der Waals surface area contributed by atoms with Crippen molar-refractivity contribution in [1.82, 2.24) is 10.3 Å². The minimum atomic E-state index is 0.635. The third kappa shape index (κ3) is 4.33. The van der Waals surface area contributed by atoms with Gasteiger partial charge in [-0.3, -0.25) is 4.90 Å². The number of aromatic nitrogens is 1. The van der Waals surface area contributed by atoms with E-state index in [0.29, 0.717) is 11.9 Å². The van der Waals surface area contributed by atoms with Gasteiger partial charge in [0.1, 0.15) is 6.26 Å². The first-order chi connectivity index (χ1) is 10.1. The predicted octanol–water partition coefficient (Wildman–Crippen LogP) is 3.89. The van der Waals surface area contributed by atoms with E-state index in [9.17, 15) is 0 Å². The van der Waals surface area contributed by atoms with Crippen LogP contribution in [0.25, 0.3) is 0 Å². The van der Waals surface area contributed by atoms with E-state index >= 15 is 0 Å². The number of nitrogens with zero attached hydrogens (tertiary/aromatic N) is 2. The van der Waals surface area contributed by atoms with E-state index < -0.39 is 0 Å². The molecule has 0 aliphatic carbocycles. The van der Waals surface area contributed by atoms with Crippen molar-refractivity contribution >= 4 is 11.7 Å². The number of nitrogens with one attached hydrogen (secondary N) is 1. The molecule has 2 rings (SSSR count). The third-order valence-electron chi connectivity index (χ3n) is 3.26. The van der Waals surface area contributed by atoms with Gasteiger partial charge < -0.3 is 9.73 Å². The maximum absolute atomic E-state index is 5.64. The van der Waals surface area contributed by atoms with E-state index in [1.807, 2.05) is 0 Å². The van der Waals surface area contributed by atoms with Crippen molar-refractivity contribution in [3.63, 3.8) is 0 Å². The number of benzene rings is 1. The van der Waals surface area contributed by atoms with Crippen molar-refractivity contribution in [3.05, 3.63) is 41.8 Å². The molecule has 0 unspecified atom stereocenters. The Kier molecular flexibility index (Phi) is 5.39. The van der Waals surface area contributed by atoms with Crippen LogP contribution in [0.3, 0.4) is 0 Å². The molecule has 0 atom stereocenters. The van der Waals surface area contributed by atoms with Crippen LogP contribution < -0.4 is 10.2 Å². The topological polar surface area (TPSA) is 41.3 Å². The fourth-order valence-corrected chi connectivity index (χ4v) is 2.21. The number of hydrogen-bond donors (Lipinski definition) is 1. The highest BCUT2D eigenvalue weighted by atomic mass is 16.4. The van der Waals surface area contributed by atoms with Gasteiger partial charge in [0.2, 0.25) is 0 Å². The predicted molar refractivity (Wildman–Crippen MR) is 86.9 cm³/mol. The molecule has 0 aliphatic rings. The summed E-state index contributed by atoms with van der Waals surface area (Å²) in [6, 6.07) is 9.03. The summed E-state index contributed by atoms with van der Waals surface area (Å²) in [7, 11) is 0. The van der Waals surface area contributed by atoms with E-state index in [1.54, 1.807) is 6.26 Å². The zero-order valence-electron chi connectivity index (χ0n) is 13.4. The van der Waals surface area contributed by atoms with Crippen molar-refractivity contribution in [2.24, 2.45) is 5.92 Å². The second kappa shape index (κ2) is 7.27. The minimum absolute atomic E-state index is 0.635. The molecule has 21 heavy (non-hydrogen) atoms. The molecule has 0 saturated carbocycles. The highest BCUT2D eigenvalue weighted by molar-refractivity contribution is 5.57. The van der Waals surface area contributed by atoms with Crippen LogP contribution in [0.2, 0.25) is 0 Å². The van der Waals surface area contributed by atoms with Crippen LogP contribution in [-0.2, 0) is 6.54 Å². The SMILES string of the molecule is CCN(c1cccc(C)c1)c1nc(CNCC(C)C)co1. The maximum Gasteiger partial charge on any atom is 0.302 e.